The molecule has 0 N–H and O–H groups in total. The summed E-state index contributed by atoms with van der Waals surface area (Å²) in [6.07, 6.45) is 13.3. The number of hydrogen-bond donors (Lipinski definition) is 0. The summed E-state index contributed by atoms with van der Waals surface area (Å²) in [4.78, 5) is 21.5. The molecule has 1 aliphatic heterocycles. The first-order chi connectivity index (χ1) is 17.2. The van der Waals surface area contributed by atoms with Crippen LogP contribution >= 0.6 is 7.82 Å². The van der Waals surface area contributed by atoms with Crippen LogP contribution in [0.25, 0.3) is 0 Å². The van der Waals surface area contributed by atoms with Crippen molar-refractivity contribution in [3.05, 3.63) is 22.3 Å². The molecule has 0 saturated heterocycles. The van der Waals surface area contributed by atoms with Crippen LogP contribution in [-0.2, 0) is 15.5 Å². The number of hydrogen-bond acceptors (Lipinski definition) is 6. The molecule has 0 spiro atoms. The zero-order valence-corrected chi connectivity index (χ0v) is 31.5. The van der Waals surface area contributed by atoms with Crippen LogP contribution in [0.15, 0.2) is 0 Å². The monoisotopic (exact) mass is 584 g/mol. The Labute approximate surface area is 282 Å². The van der Waals surface area contributed by atoms with E-state index < -0.39 is 14.6 Å². The Hall–Kier alpha value is 0.930. The molecule has 2 rings (SSSR count). The number of fused-ring (bicyclic) bond motifs is 1. The molecule has 0 saturated carbocycles. The van der Waals surface area contributed by atoms with Crippen molar-refractivity contribution in [2.24, 2.45) is 17.8 Å². The molecule has 0 aliphatic carbocycles. The van der Waals surface area contributed by atoms with Crippen LogP contribution in [0.3, 0.4) is 0 Å². The first-order valence-electron chi connectivity index (χ1n) is 14.3. The summed E-state index contributed by atoms with van der Waals surface area (Å²) in [7, 11) is -5.07. The molecule has 1 aliphatic rings. The number of benzene rings is 1. The van der Waals surface area contributed by atoms with Crippen LogP contribution in [-0.4, -0.2) is 12.4 Å². The van der Waals surface area contributed by atoms with E-state index in [4.69, 9.17) is 9.47 Å². The minimum absolute atomic E-state index is 0. The van der Waals surface area contributed by atoms with E-state index in [9.17, 15) is 14.4 Å². The van der Waals surface area contributed by atoms with E-state index in [1.165, 1.54) is 44.9 Å². The Kier molecular flexibility index (Phi) is 19.0. The number of rotatable bonds is 16. The van der Waals surface area contributed by atoms with E-state index in [1.54, 1.807) is 0 Å². The van der Waals surface area contributed by atoms with E-state index in [0.29, 0.717) is 5.75 Å². The first kappa shape index (κ1) is 39.9. The van der Waals surface area contributed by atoms with Crippen LogP contribution < -0.4 is 78.4 Å². The average Bonchev–Trinajstić information content (AvgIpc) is 2.78. The Morgan fingerprint density at radius 3 is 1.95 bits per heavy atom. The summed E-state index contributed by atoms with van der Waals surface area (Å²) in [5.74, 6) is 3.90. The smallest absolute Gasteiger partial charge is 0.790 e. The summed E-state index contributed by atoms with van der Waals surface area (Å²) in [5.41, 5.74) is 3.69. The molecular formula is C30H51Na2O6P. The van der Waals surface area contributed by atoms with Gasteiger partial charge < -0.3 is 28.3 Å². The summed E-state index contributed by atoms with van der Waals surface area (Å²) < 4.78 is 27.2. The van der Waals surface area contributed by atoms with Gasteiger partial charge in [0.25, 0.3) is 0 Å². The van der Waals surface area contributed by atoms with E-state index in [1.807, 2.05) is 20.8 Å². The van der Waals surface area contributed by atoms with Gasteiger partial charge in [0.15, 0.2) is 6.79 Å². The van der Waals surface area contributed by atoms with E-state index in [0.717, 1.165) is 71.4 Å². The Bertz CT molecular complexity index is 919. The third-order valence-corrected chi connectivity index (χ3v) is 8.67. The Morgan fingerprint density at radius 1 is 0.872 bits per heavy atom. The molecule has 0 radical (unpaired) electrons. The second-order valence-corrected chi connectivity index (χ2v) is 13.4. The molecule has 0 fully saturated rings. The molecule has 214 valence electrons. The van der Waals surface area contributed by atoms with E-state index in [-0.39, 0.29) is 64.7 Å². The van der Waals surface area contributed by atoms with Gasteiger partial charge in [0.2, 0.25) is 0 Å². The zero-order chi connectivity index (χ0) is 27.8. The predicted molar refractivity (Wildman–Crippen MR) is 147 cm³/mol. The van der Waals surface area contributed by atoms with Crippen molar-refractivity contribution in [3.63, 3.8) is 0 Å². The summed E-state index contributed by atoms with van der Waals surface area (Å²) in [6.45, 7) is 16.9. The maximum atomic E-state index is 10.8. The molecule has 3 atom stereocenters. The predicted octanol–water partition coefficient (Wildman–Crippen LogP) is 1.32. The van der Waals surface area contributed by atoms with Crippen LogP contribution in [0, 0.1) is 38.5 Å². The zero-order valence-electron chi connectivity index (χ0n) is 26.6. The largest absolute Gasteiger partial charge is 1.00 e. The second-order valence-electron chi connectivity index (χ2n) is 12.3. The third-order valence-electron chi connectivity index (χ3n) is 8.25. The third kappa shape index (κ3) is 13.8. The fourth-order valence-corrected chi connectivity index (χ4v) is 5.81. The van der Waals surface area contributed by atoms with Crippen LogP contribution in [0.5, 0.6) is 11.5 Å². The van der Waals surface area contributed by atoms with Gasteiger partial charge in [-0.15, -0.1) is 0 Å². The molecule has 1 aromatic carbocycles. The van der Waals surface area contributed by atoms with Gasteiger partial charge in [-0.3, -0.25) is 0 Å². The summed E-state index contributed by atoms with van der Waals surface area (Å²) in [6, 6.07) is 0. The van der Waals surface area contributed by atoms with Gasteiger partial charge in [0.05, 0.1) is 7.82 Å². The normalized spacial score (nSPS) is 18.4. The minimum atomic E-state index is -5.07. The van der Waals surface area contributed by atoms with Crippen molar-refractivity contribution in [2.45, 2.75) is 132 Å². The molecule has 0 aromatic heterocycles. The molecule has 0 unspecified atom stereocenters. The van der Waals surface area contributed by atoms with Crippen molar-refractivity contribution in [2.75, 3.05) is 6.79 Å². The molecular weight excluding hydrogens is 533 g/mol. The molecule has 9 heteroatoms. The topological polar surface area (TPSA) is 90.9 Å². The SMILES string of the molecule is Cc1c(C)c2c(c(C)c1OCOP(=O)([O-])[O-])CC[C@@](C)(CCC[C@H](C)CCC[C@H](C)CCCC(C)C)O2.[Na+].[Na+]. The van der Waals surface area contributed by atoms with Crippen LogP contribution in [0.1, 0.15) is 121 Å². The fraction of sp³-hybridized carbons (Fsp3) is 0.800. The van der Waals surface area contributed by atoms with Gasteiger partial charge in [-0.25, -0.2) is 0 Å². The number of phosphoric ester groups is 1. The molecule has 0 amide bonds. The molecule has 1 aromatic rings. The Morgan fingerprint density at radius 2 is 1.41 bits per heavy atom. The van der Waals surface area contributed by atoms with Gasteiger partial charge in [0, 0.05) is 5.56 Å². The van der Waals surface area contributed by atoms with Crippen LogP contribution in [0.4, 0.5) is 0 Å². The summed E-state index contributed by atoms with van der Waals surface area (Å²) in [5, 5.41) is 0. The standard InChI is InChI=1S/C30H53O6P.2Na/c1-21(2)12-9-13-22(3)14-10-15-23(4)16-11-18-30(8)19-17-27-26(7)28(34-20-35-37(31,32)33)24(5)25(6)29(27)36-30;;/h21-23H,9-20H2,1-8H3,(H2,31,32,33);;/q;2*+1/p-2/t22-,23-,30-;;/m1../s1. The quantitative estimate of drug-likeness (QED) is 0.166. The minimum Gasteiger partial charge on any atom is -0.790 e. The van der Waals surface area contributed by atoms with Crippen molar-refractivity contribution in [3.8, 4) is 11.5 Å². The van der Waals surface area contributed by atoms with E-state index in [2.05, 4.69) is 39.1 Å². The summed E-state index contributed by atoms with van der Waals surface area (Å²) >= 11 is 0. The maximum absolute atomic E-state index is 10.8. The second kappa shape index (κ2) is 18.6. The molecule has 0 bridgehead atoms. The van der Waals surface area contributed by atoms with Gasteiger partial charge in [-0.05, 0) is 87.8 Å². The first-order valence-corrected chi connectivity index (χ1v) is 15.8. The van der Waals surface area contributed by atoms with Gasteiger partial charge in [-0.2, -0.15) is 0 Å². The number of ether oxygens (including phenoxy) is 2. The molecule has 6 nitrogen and oxygen atoms in total. The van der Waals surface area contributed by atoms with Crippen LogP contribution in [0.2, 0.25) is 0 Å². The fourth-order valence-electron chi connectivity index (χ4n) is 5.63. The van der Waals surface area contributed by atoms with E-state index >= 15 is 0 Å². The number of phosphoric acid groups is 1. The Balaban J connectivity index is 0.00000722. The van der Waals surface area contributed by atoms with Crippen molar-refractivity contribution >= 4 is 7.82 Å². The van der Waals surface area contributed by atoms with Gasteiger partial charge >= 0.3 is 59.1 Å². The van der Waals surface area contributed by atoms with Crippen molar-refractivity contribution in [1.29, 1.82) is 0 Å². The average molecular weight is 585 g/mol. The molecule has 1 heterocycles. The van der Waals surface area contributed by atoms with Gasteiger partial charge in [-0.1, -0.05) is 72.6 Å². The van der Waals surface area contributed by atoms with Crippen molar-refractivity contribution in [1.82, 2.24) is 0 Å². The molecule has 39 heavy (non-hydrogen) atoms. The maximum Gasteiger partial charge on any atom is 1.00 e. The van der Waals surface area contributed by atoms with Gasteiger partial charge in [0.1, 0.15) is 17.1 Å². The van der Waals surface area contributed by atoms with Crippen molar-refractivity contribution < 1.29 is 87.5 Å².